The first-order chi connectivity index (χ1) is 9.43. The number of carbonyl (C=O) groups is 2. The van der Waals surface area contributed by atoms with Gasteiger partial charge in [-0.25, -0.2) is 9.18 Å². The Morgan fingerprint density at radius 2 is 2.10 bits per heavy atom. The molecule has 1 aromatic rings. The SMILES string of the molecule is O=C(NCC1(C(=O)O)CCC1)Nc1ccc(Cl)c(F)c1. The Labute approximate surface area is 120 Å². The van der Waals surface area contributed by atoms with Crippen LogP contribution in [0, 0.1) is 11.2 Å². The Hall–Kier alpha value is -1.82. The topological polar surface area (TPSA) is 78.4 Å². The lowest BCUT2D eigenvalue weighted by molar-refractivity contribution is -0.153. The van der Waals surface area contributed by atoms with Gasteiger partial charge in [-0.3, -0.25) is 4.79 Å². The Bertz CT molecular complexity index is 546. The van der Waals surface area contributed by atoms with Crippen LogP contribution in [0.2, 0.25) is 5.02 Å². The van der Waals surface area contributed by atoms with Gasteiger partial charge >= 0.3 is 12.0 Å². The van der Waals surface area contributed by atoms with Crippen molar-refractivity contribution in [3.05, 3.63) is 29.0 Å². The minimum atomic E-state index is -0.901. The molecule has 1 aliphatic rings. The average Bonchev–Trinajstić information content (AvgIpc) is 2.32. The van der Waals surface area contributed by atoms with Crippen LogP contribution in [0.25, 0.3) is 0 Å². The Kier molecular flexibility index (Phi) is 4.13. The summed E-state index contributed by atoms with van der Waals surface area (Å²) in [5, 5.41) is 14.0. The second-order valence-electron chi connectivity index (χ2n) is 4.88. The molecule has 1 saturated carbocycles. The summed E-state index contributed by atoms with van der Waals surface area (Å²) in [5.41, 5.74) is -0.606. The zero-order valence-electron chi connectivity index (χ0n) is 10.6. The average molecular weight is 301 g/mol. The van der Waals surface area contributed by atoms with Crippen molar-refractivity contribution in [2.75, 3.05) is 11.9 Å². The Morgan fingerprint density at radius 1 is 1.40 bits per heavy atom. The largest absolute Gasteiger partial charge is 0.481 e. The van der Waals surface area contributed by atoms with Crippen molar-refractivity contribution >= 4 is 29.3 Å². The summed E-state index contributed by atoms with van der Waals surface area (Å²) in [6.45, 7) is 0.0598. The minimum absolute atomic E-state index is 0.0322. The maximum absolute atomic E-state index is 13.2. The van der Waals surface area contributed by atoms with Crippen LogP contribution in [-0.4, -0.2) is 23.7 Å². The summed E-state index contributed by atoms with van der Waals surface area (Å²) in [4.78, 5) is 22.8. The van der Waals surface area contributed by atoms with Gasteiger partial charge in [-0.15, -0.1) is 0 Å². The molecule has 1 aliphatic carbocycles. The highest BCUT2D eigenvalue weighted by atomic mass is 35.5. The third-order valence-electron chi connectivity index (χ3n) is 3.53. The molecule has 0 bridgehead atoms. The number of urea groups is 1. The lowest BCUT2D eigenvalue weighted by Crippen LogP contribution is -2.48. The number of carboxylic acids is 1. The van der Waals surface area contributed by atoms with Gasteiger partial charge in [0.1, 0.15) is 5.82 Å². The van der Waals surface area contributed by atoms with Gasteiger partial charge in [0.2, 0.25) is 0 Å². The number of aliphatic carboxylic acids is 1. The van der Waals surface area contributed by atoms with Crippen molar-refractivity contribution < 1.29 is 19.1 Å². The predicted octanol–water partition coefficient (Wildman–Crippen LogP) is 2.86. The summed E-state index contributed by atoms with van der Waals surface area (Å²) in [6, 6.07) is 3.32. The zero-order chi connectivity index (χ0) is 14.8. The number of nitrogens with one attached hydrogen (secondary N) is 2. The highest BCUT2D eigenvalue weighted by molar-refractivity contribution is 6.30. The molecule has 5 nitrogen and oxygen atoms in total. The van der Waals surface area contributed by atoms with E-state index in [9.17, 15) is 14.0 Å². The van der Waals surface area contributed by atoms with Crippen LogP contribution < -0.4 is 10.6 Å². The summed E-state index contributed by atoms with van der Waals surface area (Å²) >= 11 is 5.53. The molecule has 7 heteroatoms. The van der Waals surface area contributed by atoms with Crippen LogP contribution in [0.4, 0.5) is 14.9 Å². The number of rotatable bonds is 4. The van der Waals surface area contributed by atoms with E-state index in [2.05, 4.69) is 10.6 Å². The third kappa shape index (κ3) is 3.01. The van der Waals surface area contributed by atoms with Crippen molar-refractivity contribution in [3.63, 3.8) is 0 Å². The molecule has 0 saturated heterocycles. The van der Waals surface area contributed by atoms with E-state index in [0.29, 0.717) is 12.8 Å². The van der Waals surface area contributed by atoms with Crippen molar-refractivity contribution in [1.82, 2.24) is 5.32 Å². The molecule has 0 radical (unpaired) electrons. The number of anilines is 1. The molecule has 3 N–H and O–H groups in total. The second-order valence-corrected chi connectivity index (χ2v) is 5.28. The fraction of sp³-hybridized carbons (Fsp3) is 0.385. The fourth-order valence-corrected chi connectivity index (χ4v) is 2.19. The van der Waals surface area contributed by atoms with Crippen molar-refractivity contribution in [1.29, 1.82) is 0 Å². The summed E-state index contributed by atoms with van der Waals surface area (Å²) < 4.78 is 13.2. The predicted molar refractivity (Wildman–Crippen MR) is 72.4 cm³/mol. The smallest absolute Gasteiger partial charge is 0.319 e. The molecule has 0 spiro atoms. The molecule has 1 aromatic carbocycles. The fourth-order valence-electron chi connectivity index (χ4n) is 2.07. The maximum Gasteiger partial charge on any atom is 0.319 e. The highest BCUT2D eigenvalue weighted by Gasteiger charge is 2.44. The van der Waals surface area contributed by atoms with Gasteiger partial charge in [-0.2, -0.15) is 0 Å². The van der Waals surface area contributed by atoms with Gasteiger partial charge in [-0.1, -0.05) is 18.0 Å². The maximum atomic E-state index is 13.2. The number of hydrogen-bond acceptors (Lipinski definition) is 2. The van der Waals surface area contributed by atoms with Gasteiger partial charge in [0.25, 0.3) is 0 Å². The molecular formula is C13H14ClFN2O3. The molecule has 108 valence electrons. The number of amides is 2. The number of hydrogen-bond donors (Lipinski definition) is 3. The molecule has 1 fully saturated rings. The van der Waals surface area contributed by atoms with E-state index in [4.69, 9.17) is 16.7 Å². The number of halogens is 2. The molecule has 0 aliphatic heterocycles. The summed E-state index contributed by atoms with van der Waals surface area (Å²) in [5.74, 6) is -1.54. The van der Waals surface area contributed by atoms with Gasteiger partial charge in [-0.05, 0) is 31.0 Å². The van der Waals surface area contributed by atoms with E-state index in [-0.39, 0.29) is 17.3 Å². The van der Waals surface area contributed by atoms with Crippen LogP contribution in [-0.2, 0) is 4.79 Å². The van der Waals surface area contributed by atoms with Crippen molar-refractivity contribution in [2.24, 2.45) is 5.41 Å². The van der Waals surface area contributed by atoms with E-state index in [1.54, 1.807) is 0 Å². The molecular weight excluding hydrogens is 287 g/mol. The van der Waals surface area contributed by atoms with Gasteiger partial charge in [0.15, 0.2) is 0 Å². The number of benzene rings is 1. The summed E-state index contributed by atoms with van der Waals surface area (Å²) in [6.07, 6.45) is 1.95. The third-order valence-corrected chi connectivity index (χ3v) is 3.84. The quantitative estimate of drug-likeness (QED) is 0.800. The van der Waals surface area contributed by atoms with E-state index in [1.807, 2.05) is 0 Å². The first-order valence-corrected chi connectivity index (χ1v) is 6.54. The molecule has 0 atom stereocenters. The molecule has 0 aromatic heterocycles. The second kappa shape index (κ2) is 5.66. The molecule has 2 rings (SSSR count). The zero-order valence-corrected chi connectivity index (χ0v) is 11.3. The number of carbonyl (C=O) groups excluding carboxylic acids is 1. The van der Waals surface area contributed by atoms with Crippen LogP contribution in [0.5, 0.6) is 0 Å². The van der Waals surface area contributed by atoms with Crippen LogP contribution in [0.3, 0.4) is 0 Å². The van der Waals surface area contributed by atoms with Crippen LogP contribution in [0.1, 0.15) is 19.3 Å². The van der Waals surface area contributed by atoms with Crippen molar-refractivity contribution in [2.45, 2.75) is 19.3 Å². The molecule has 0 unspecified atom stereocenters. The lowest BCUT2D eigenvalue weighted by atomic mass is 9.69. The molecule has 0 heterocycles. The van der Waals surface area contributed by atoms with Gasteiger partial charge in [0.05, 0.1) is 10.4 Å². The van der Waals surface area contributed by atoms with E-state index >= 15 is 0 Å². The van der Waals surface area contributed by atoms with E-state index in [1.165, 1.54) is 12.1 Å². The van der Waals surface area contributed by atoms with Crippen molar-refractivity contribution in [3.8, 4) is 0 Å². The number of carboxylic acid groups (broad SMARTS) is 1. The van der Waals surface area contributed by atoms with Crippen LogP contribution >= 0.6 is 11.6 Å². The van der Waals surface area contributed by atoms with Crippen LogP contribution in [0.15, 0.2) is 18.2 Å². The Balaban J connectivity index is 1.89. The Morgan fingerprint density at radius 3 is 2.60 bits per heavy atom. The van der Waals surface area contributed by atoms with E-state index in [0.717, 1.165) is 12.5 Å². The first-order valence-electron chi connectivity index (χ1n) is 6.16. The molecule has 2 amide bonds. The highest BCUT2D eigenvalue weighted by Crippen LogP contribution is 2.40. The van der Waals surface area contributed by atoms with Gasteiger partial charge < -0.3 is 15.7 Å². The summed E-state index contributed by atoms with van der Waals surface area (Å²) in [7, 11) is 0. The normalized spacial score (nSPS) is 16.1. The first kappa shape index (κ1) is 14.6. The monoisotopic (exact) mass is 300 g/mol. The van der Waals surface area contributed by atoms with Gasteiger partial charge in [0, 0.05) is 12.2 Å². The molecule has 20 heavy (non-hydrogen) atoms. The lowest BCUT2D eigenvalue weighted by Gasteiger charge is -2.37. The van der Waals surface area contributed by atoms with E-state index < -0.39 is 23.2 Å². The minimum Gasteiger partial charge on any atom is -0.481 e. The standard InChI is InChI=1S/C13H14ClFN2O3/c14-9-3-2-8(6-10(9)15)17-12(20)16-7-13(11(18)19)4-1-5-13/h2-3,6H,1,4-5,7H2,(H,18,19)(H2,16,17,20).